The lowest BCUT2D eigenvalue weighted by atomic mass is 9.95. The topological polar surface area (TPSA) is 0 Å². The van der Waals surface area contributed by atoms with Crippen molar-refractivity contribution in [3.8, 4) is 0 Å². The largest absolute Gasteiger partial charge is 0.394 e. The third-order valence-corrected chi connectivity index (χ3v) is 2.89. The van der Waals surface area contributed by atoms with E-state index in [2.05, 4.69) is 0 Å². The minimum atomic E-state index is -3.95. The van der Waals surface area contributed by atoms with E-state index in [4.69, 9.17) is 0 Å². The first kappa shape index (κ1) is 10.9. The van der Waals surface area contributed by atoms with Crippen molar-refractivity contribution in [2.75, 3.05) is 0 Å². The van der Waals surface area contributed by atoms with Gasteiger partial charge in [0.25, 0.3) is 0 Å². The predicted molar refractivity (Wildman–Crippen MR) is 46.4 cm³/mol. The molecule has 0 bridgehead atoms. The second-order valence-corrected chi connectivity index (χ2v) is 4.56. The summed E-state index contributed by atoms with van der Waals surface area (Å²) in [6.07, 6.45) is -1.27. The van der Waals surface area contributed by atoms with Gasteiger partial charge >= 0.3 is 6.18 Å². The van der Waals surface area contributed by atoms with E-state index in [1.807, 2.05) is 13.8 Å². The Morgan fingerprint density at radius 3 is 2.08 bits per heavy atom. The molecule has 0 aromatic carbocycles. The number of halogens is 3. The van der Waals surface area contributed by atoms with Crippen LogP contribution in [0.15, 0.2) is 0 Å². The van der Waals surface area contributed by atoms with Crippen LogP contribution in [0.5, 0.6) is 0 Å². The molecule has 0 N–H and O–H groups in total. The zero-order valence-corrected chi connectivity index (χ0v) is 8.25. The average molecular weight is 194 g/mol. The van der Waals surface area contributed by atoms with Crippen molar-refractivity contribution in [3.05, 3.63) is 0 Å². The fraction of sp³-hybridized carbons (Fsp3) is 1.00. The quantitative estimate of drug-likeness (QED) is 0.630. The summed E-state index contributed by atoms with van der Waals surface area (Å²) >= 11 is 0. The van der Waals surface area contributed by atoms with Crippen LogP contribution in [-0.2, 0) is 0 Å². The van der Waals surface area contributed by atoms with Gasteiger partial charge in [-0.1, -0.05) is 26.7 Å². The Labute approximate surface area is 77.5 Å². The Kier molecular flexibility index (Phi) is 2.93. The van der Waals surface area contributed by atoms with Gasteiger partial charge in [0.15, 0.2) is 0 Å². The van der Waals surface area contributed by atoms with Crippen LogP contribution in [-0.4, -0.2) is 6.18 Å². The van der Waals surface area contributed by atoms with E-state index in [-0.39, 0.29) is 0 Å². The van der Waals surface area contributed by atoms with Gasteiger partial charge in [0.2, 0.25) is 0 Å². The first-order valence-corrected chi connectivity index (χ1v) is 4.94. The SMILES string of the molecule is CC(C)CCCC1(C(F)(F)F)CC1. The highest BCUT2D eigenvalue weighted by Crippen LogP contribution is 2.60. The second kappa shape index (κ2) is 3.50. The van der Waals surface area contributed by atoms with Crippen molar-refractivity contribution in [2.45, 2.75) is 52.1 Å². The number of rotatable bonds is 4. The highest BCUT2D eigenvalue weighted by atomic mass is 19.4. The van der Waals surface area contributed by atoms with Gasteiger partial charge in [-0.15, -0.1) is 0 Å². The Bertz CT molecular complexity index is 165. The van der Waals surface area contributed by atoms with Crippen LogP contribution in [0, 0.1) is 11.3 Å². The Morgan fingerprint density at radius 1 is 1.23 bits per heavy atom. The van der Waals surface area contributed by atoms with Crippen molar-refractivity contribution in [2.24, 2.45) is 11.3 Å². The zero-order valence-electron chi connectivity index (χ0n) is 8.25. The molecule has 78 valence electrons. The van der Waals surface area contributed by atoms with Gasteiger partial charge in [-0.3, -0.25) is 0 Å². The predicted octanol–water partition coefficient (Wildman–Crippen LogP) is 4.16. The van der Waals surface area contributed by atoms with Crippen molar-refractivity contribution < 1.29 is 13.2 Å². The molecule has 0 aliphatic heterocycles. The standard InChI is InChI=1S/C10H17F3/c1-8(2)4-3-5-9(6-7-9)10(11,12)13/h8H,3-7H2,1-2H3. The maximum Gasteiger partial charge on any atom is 0.394 e. The average Bonchev–Trinajstić information content (AvgIpc) is 2.65. The molecule has 0 heterocycles. The maximum atomic E-state index is 12.4. The van der Waals surface area contributed by atoms with E-state index in [1.54, 1.807) is 0 Å². The molecule has 1 aliphatic rings. The summed E-state index contributed by atoms with van der Waals surface area (Å²) in [4.78, 5) is 0. The number of hydrogen-bond donors (Lipinski definition) is 0. The molecular formula is C10H17F3. The summed E-state index contributed by atoms with van der Waals surface area (Å²) in [5, 5.41) is 0. The van der Waals surface area contributed by atoms with E-state index in [0.717, 1.165) is 12.8 Å². The van der Waals surface area contributed by atoms with Gasteiger partial charge in [0.1, 0.15) is 0 Å². The summed E-state index contributed by atoms with van der Waals surface area (Å²) in [5.41, 5.74) is -1.28. The summed E-state index contributed by atoms with van der Waals surface area (Å²) in [6.45, 7) is 4.10. The van der Waals surface area contributed by atoms with Crippen molar-refractivity contribution in [3.63, 3.8) is 0 Å². The summed E-state index contributed by atoms with van der Waals surface area (Å²) < 4.78 is 37.3. The van der Waals surface area contributed by atoms with E-state index in [9.17, 15) is 13.2 Å². The van der Waals surface area contributed by atoms with Crippen LogP contribution in [0.25, 0.3) is 0 Å². The van der Waals surface area contributed by atoms with Crippen LogP contribution in [0.3, 0.4) is 0 Å². The molecule has 3 heteroatoms. The number of alkyl halides is 3. The lowest BCUT2D eigenvalue weighted by Gasteiger charge is -2.19. The molecule has 0 amide bonds. The molecule has 1 rings (SSSR count). The van der Waals surface area contributed by atoms with Crippen LogP contribution in [0.4, 0.5) is 13.2 Å². The van der Waals surface area contributed by atoms with Crippen molar-refractivity contribution in [1.29, 1.82) is 0 Å². The number of hydrogen-bond acceptors (Lipinski definition) is 0. The molecular weight excluding hydrogens is 177 g/mol. The molecule has 1 saturated carbocycles. The van der Waals surface area contributed by atoms with Crippen LogP contribution < -0.4 is 0 Å². The molecule has 0 unspecified atom stereocenters. The highest BCUT2D eigenvalue weighted by Gasteiger charge is 2.62. The zero-order chi connectivity index (χ0) is 10.1. The molecule has 0 spiro atoms. The molecule has 13 heavy (non-hydrogen) atoms. The first-order chi connectivity index (χ1) is 5.87. The Morgan fingerprint density at radius 2 is 1.77 bits per heavy atom. The molecule has 0 nitrogen and oxygen atoms in total. The molecule has 0 saturated heterocycles. The van der Waals surface area contributed by atoms with Gasteiger partial charge in [0, 0.05) is 0 Å². The van der Waals surface area contributed by atoms with E-state index < -0.39 is 11.6 Å². The van der Waals surface area contributed by atoms with Crippen LogP contribution in [0.1, 0.15) is 46.0 Å². The molecule has 1 aliphatic carbocycles. The fourth-order valence-corrected chi connectivity index (χ4v) is 1.67. The molecule has 0 aromatic heterocycles. The van der Waals surface area contributed by atoms with E-state index in [0.29, 0.717) is 25.2 Å². The smallest absolute Gasteiger partial charge is 0.171 e. The lowest BCUT2D eigenvalue weighted by molar-refractivity contribution is -0.189. The van der Waals surface area contributed by atoms with Gasteiger partial charge in [0.05, 0.1) is 5.41 Å². The molecule has 0 radical (unpaired) electrons. The molecule has 1 fully saturated rings. The van der Waals surface area contributed by atoms with Gasteiger partial charge in [-0.05, 0) is 25.2 Å². The van der Waals surface area contributed by atoms with Gasteiger partial charge in [-0.2, -0.15) is 13.2 Å². The van der Waals surface area contributed by atoms with Crippen molar-refractivity contribution in [1.82, 2.24) is 0 Å². The fourth-order valence-electron chi connectivity index (χ4n) is 1.67. The third kappa shape index (κ3) is 2.61. The normalized spacial score (nSPS) is 20.8. The summed E-state index contributed by atoms with van der Waals surface area (Å²) in [7, 11) is 0. The highest BCUT2D eigenvalue weighted by molar-refractivity contribution is 4.98. The van der Waals surface area contributed by atoms with Gasteiger partial charge in [-0.25, -0.2) is 0 Å². The minimum Gasteiger partial charge on any atom is -0.171 e. The summed E-state index contributed by atoms with van der Waals surface area (Å²) in [5.74, 6) is 0.518. The minimum absolute atomic E-state index is 0.342. The van der Waals surface area contributed by atoms with Gasteiger partial charge < -0.3 is 0 Å². The Balaban J connectivity index is 2.29. The second-order valence-electron chi connectivity index (χ2n) is 4.56. The Hall–Kier alpha value is -0.210. The van der Waals surface area contributed by atoms with Crippen molar-refractivity contribution >= 4 is 0 Å². The first-order valence-electron chi connectivity index (χ1n) is 4.94. The molecule has 0 atom stereocenters. The summed E-state index contributed by atoms with van der Waals surface area (Å²) in [6, 6.07) is 0. The van der Waals surface area contributed by atoms with Crippen LogP contribution in [0.2, 0.25) is 0 Å². The third-order valence-electron chi connectivity index (χ3n) is 2.89. The molecule has 0 aromatic rings. The van der Waals surface area contributed by atoms with E-state index in [1.165, 1.54) is 0 Å². The monoisotopic (exact) mass is 194 g/mol. The maximum absolute atomic E-state index is 12.4. The lowest BCUT2D eigenvalue weighted by Crippen LogP contribution is -2.24. The van der Waals surface area contributed by atoms with E-state index >= 15 is 0 Å². The van der Waals surface area contributed by atoms with Crippen LogP contribution >= 0.6 is 0 Å².